The van der Waals surface area contributed by atoms with Crippen LogP contribution >= 0.6 is 0 Å². The monoisotopic (exact) mass is 252 g/mol. The van der Waals surface area contributed by atoms with E-state index in [1.54, 1.807) is 18.2 Å². The number of aliphatic hydroxyl groups excluding tert-OH is 1. The summed E-state index contributed by atoms with van der Waals surface area (Å²) >= 11 is 0. The summed E-state index contributed by atoms with van der Waals surface area (Å²) in [5.74, 6) is 0.163. The van der Waals surface area contributed by atoms with E-state index in [0.717, 1.165) is 0 Å². The van der Waals surface area contributed by atoms with Crippen LogP contribution in [0.4, 0.5) is 5.69 Å². The van der Waals surface area contributed by atoms with E-state index in [1.165, 1.54) is 7.11 Å². The summed E-state index contributed by atoms with van der Waals surface area (Å²) in [6.45, 7) is 3.95. The van der Waals surface area contributed by atoms with Crippen molar-refractivity contribution in [2.45, 2.75) is 20.0 Å². The molecular weight excluding hydrogens is 232 g/mol. The molecule has 18 heavy (non-hydrogen) atoms. The third-order valence-corrected chi connectivity index (χ3v) is 2.75. The number of carbonyl (C=O) groups is 1. The SMILES string of the molecule is COc1cccc(N)c1C(=O)NCC(O)C(C)C. The van der Waals surface area contributed by atoms with Crippen LogP contribution in [0, 0.1) is 5.92 Å². The smallest absolute Gasteiger partial charge is 0.257 e. The van der Waals surface area contributed by atoms with E-state index in [1.807, 2.05) is 13.8 Å². The zero-order valence-electron chi connectivity index (χ0n) is 10.9. The van der Waals surface area contributed by atoms with Gasteiger partial charge in [0, 0.05) is 12.2 Å². The van der Waals surface area contributed by atoms with Crippen LogP contribution in [0.25, 0.3) is 0 Å². The average Bonchev–Trinajstić information content (AvgIpc) is 2.34. The van der Waals surface area contributed by atoms with Crippen molar-refractivity contribution in [2.75, 3.05) is 19.4 Å². The van der Waals surface area contributed by atoms with E-state index in [0.29, 0.717) is 17.0 Å². The van der Waals surface area contributed by atoms with Crippen LogP contribution in [-0.2, 0) is 0 Å². The molecule has 0 aromatic heterocycles. The highest BCUT2D eigenvalue weighted by atomic mass is 16.5. The van der Waals surface area contributed by atoms with Crippen LogP contribution in [0.5, 0.6) is 5.75 Å². The molecule has 0 aliphatic carbocycles. The molecule has 0 fully saturated rings. The van der Waals surface area contributed by atoms with Gasteiger partial charge in [-0.25, -0.2) is 0 Å². The molecule has 1 rings (SSSR count). The lowest BCUT2D eigenvalue weighted by Crippen LogP contribution is -2.35. The number of carbonyl (C=O) groups excluding carboxylic acids is 1. The standard InChI is InChI=1S/C13H20N2O3/c1-8(2)10(16)7-15-13(17)12-9(14)5-4-6-11(12)18-3/h4-6,8,10,16H,7,14H2,1-3H3,(H,15,17). The molecule has 4 N–H and O–H groups in total. The molecule has 1 atom stereocenters. The highest BCUT2D eigenvalue weighted by Gasteiger charge is 2.17. The first-order valence-electron chi connectivity index (χ1n) is 5.86. The van der Waals surface area contributed by atoms with Gasteiger partial charge >= 0.3 is 0 Å². The van der Waals surface area contributed by atoms with Crippen molar-refractivity contribution in [1.82, 2.24) is 5.32 Å². The molecule has 1 amide bonds. The van der Waals surface area contributed by atoms with E-state index < -0.39 is 6.10 Å². The Morgan fingerprint density at radius 1 is 1.50 bits per heavy atom. The first kappa shape index (κ1) is 14.3. The third kappa shape index (κ3) is 3.37. The van der Waals surface area contributed by atoms with Crippen molar-refractivity contribution in [2.24, 2.45) is 5.92 Å². The van der Waals surface area contributed by atoms with Gasteiger partial charge in [0.2, 0.25) is 0 Å². The van der Waals surface area contributed by atoms with E-state index in [-0.39, 0.29) is 18.4 Å². The zero-order valence-corrected chi connectivity index (χ0v) is 10.9. The number of amides is 1. The molecule has 1 aromatic rings. The Bertz CT molecular complexity index is 419. The summed E-state index contributed by atoms with van der Waals surface area (Å²) in [5, 5.41) is 12.3. The minimum Gasteiger partial charge on any atom is -0.496 e. The molecule has 100 valence electrons. The molecule has 0 saturated carbocycles. The number of anilines is 1. The van der Waals surface area contributed by atoms with Crippen molar-refractivity contribution < 1.29 is 14.6 Å². The molecule has 1 aromatic carbocycles. The van der Waals surface area contributed by atoms with Gasteiger partial charge in [-0.05, 0) is 18.1 Å². The fraction of sp³-hybridized carbons (Fsp3) is 0.462. The van der Waals surface area contributed by atoms with Gasteiger partial charge < -0.3 is 20.9 Å². The lowest BCUT2D eigenvalue weighted by atomic mass is 10.1. The van der Waals surface area contributed by atoms with Gasteiger partial charge in [0.15, 0.2) is 0 Å². The van der Waals surface area contributed by atoms with Crippen LogP contribution in [0.15, 0.2) is 18.2 Å². The minimum atomic E-state index is -0.579. The number of benzene rings is 1. The maximum atomic E-state index is 12.0. The first-order valence-corrected chi connectivity index (χ1v) is 5.86. The summed E-state index contributed by atoms with van der Waals surface area (Å²) in [4.78, 5) is 12.0. The lowest BCUT2D eigenvalue weighted by Gasteiger charge is -2.16. The van der Waals surface area contributed by atoms with Gasteiger partial charge in [-0.3, -0.25) is 4.79 Å². The molecule has 0 saturated heterocycles. The molecule has 0 spiro atoms. The molecule has 0 bridgehead atoms. The van der Waals surface area contributed by atoms with E-state index in [4.69, 9.17) is 10.5 Å². The van der Waals surface area contributed by atoms with Crippen LogP contribution in [-0.4, -0.2) is 30.8 Å². The Balaban J connectivity index is 2.78. The highest BCUT2D eigenvalue weighted by Crippen LogP contribution is 2.23. The maximum absolute atomic E-state index is 12.0. The summed E-state index contributed by atoms with van der Waals surface area (Å²) in [6, 6.07) is 5.02. The summed E-state index contributed by atoms with van der Waals surface area (Å²) in [6.07, 6.45) is -0.579. The number of aliphatic hydroxyl groups is 1. The van der Waals surface area contributed by atoms with Gasteiger partial charge in [-0.2, -0.15) is 0 Å². The molecule has 5 heteroatoms. The van der Waals surface area contributed by atoms with Crippen LogP contribution in [0.3, 0.4) is 0 Å². The predicted octanol–water partition coefficient (Wildman–Crippen LogP) is 1.02. The highest BCUT2D eigenvalue weighted by molar-refractivity contribution is 6.01. The molecule has 0 aliphatic rings. The largest absolute Gasteiger partial charge is 0.496 e. The first-order chi connectivity index (χ1) is 8.47. The number of methoxy groups -OCH3 is 1. The van der Waals surface area contributed by atoms with Gasteiger partial charge in [0.1, 0.15) is 11.3 Å². The Kier molecular flexibility index (Phi) is 4.97. The molecular formula is C13H20N2O3. The molecule has 0 heterocycles. The Labute approximate surface area is 107 Å². The number of hydrogen-bond donors (Lipinski definition) is 3. The van der Waals surface area contributed by atoms with E-state index in [2.05, 4.69) is 5.32 Å². The van der Waals surface area contributed by atoms with Gasteiger partial charge in [-0.15, -0.1) is 0 Å². The molecule has 0 radical (unpaired) electrons. The topological polar surface area (TPSA) is 84.6 Å². The maximum Gasteiger partial charge on any atom is 0.257 e. The number of ether oxygens (including phenoxy) is 1. The number of hydrogen-bond acceptors (Lipinski definition) is 4. The fourth-order valence-electron chi connectivity index (χ4n) is 1.48. The van der Waals surface area contributed by atoms with Crippen molar-refractivity contribution >= 4 is 11.6 Å². The Hall–Kier alpha value is -1.75. The zero-order chi connectivity index (χ0) is 13.7. The average molecular weight is 252 g/mol. The van der Waals surface area contributed by atoms with E-state index >= 15 is 0 Å². The van der Waals surface area contributed by atoms with E-state index in [9.17, 15) is 9.90 Å². The van der Waals surface area contributed by atoms with Gasteiger partial charge in [0.25, 0.3) is 5.91 Å². The summed E-state index contributed by atoms with van der Waals surface area (Å²) in [7, 11) is 1.48. The normalized spacial score (nSPS) is 12.3. The van der Waals surface area contributed by atoms with Crippen LogP contribution in [0.1, 0.15) is 24.2 Å². The van der Waals surface area contributed by atoms with Crippen LogP contribution < -0.4 is 15.8 Å². The fourth-order valence-corrected chi connectivity index (χ4v) is 1.48. The van der Waals surface area contributed by atoms with Crippen molar-refractivity contribution in [3.63, 3.8) is 0 Å². The second-order valence-electron chi connectivity index (χ2n) is 4.45. The third-order valence-electron chi connectivity index (χ3n) is 2.75. The van der Waals surface area contributed by atoms with Crippen molar-refractivity contribution in [3.05, 3.63) is 23.8 Å². The second-order valence-corrected chi connectivity index (χ2v) is 4.45. The second kappa shape index (κ2) is 6.26. The molecule has 5 nitrogen and oxygen atoms in total. The number of nitrogens with one attached hydrogen (secondary N) is 1. The Morgan fingerprint density at radius 2 is 2.17 bits per heavy atom. The minimum absolute atomic E-state index is 0.0836. The van der Waals surface area contributed by atoms with Gasteiger partial charge in [0.05, 0.1) is 13.2 Å². The van der Waals surface area contributed by atoms with Crippen molar-refractivity contribution in [3.8, 4) is 5.75 Å². The summed E-state index contributed by atoms with van der Waals surface area (Å²) < 4.78 is 5.10. The lowest BCUT2D eigenvalue weighted by molar-refractivity contribution is 0.0869. The number of nitrogen functional groups attached to an aromatic ring is 1. The van der Waals surface area contributed by atoms with Crippen LogP contribution in [0.2, 0.25) is 0 Å². The van der Waals surface area contributed by atoms with Gasteiger partial charge in [-0.1, -0.05) is 19.9 Å². The molecule has 0 aliphatic heterocycles. The van der Waals surface area contributed by atoms with Crippen molar-refractivity contribution in [1.29, 1.82) is 0 Å². The molecule has 1 unspecified atom stereocenters. The summed E-state index contributed by atoms with van der Waals surface area (Å²) in [5.41, 5.74) is 6.42. The Morgan fingerprint density at radius 3 is 2.72 bits per heavy atom. The number of nitrogens with two attached hydrogens (primary N) is 1. The quantitative estimate of drug-likeness (QED) is 0.683. The number of rotatable bonds is 5. The predicted molar refractivity (Wildman–Crippen MR) is 70.6 cm³/mol.